The van der Waals surface area contributed by atoms with Crippen molar-refractivity contribution in [2.45, 2.75) is 39.7 Å². The molecule has 2 aromatic carbocycles. The van der Waals surface area contributed by atoms with Gasteiger partial charge in [-0.3, -0.25) is 0 Å². The van der Waals surface area contributed by atoms with E-state index in [1.807, 2.05) is 18.2 Å². The van der Waals surface area contributed by atoms with Crippen LogP contribution < -0.4 is 19.9 Å². The van der Waals surface area contributed by atoms with Crippen LogP contribution in [0.4, 0.5) is 0 Å². The van der Waals surface area contributed by atoms with Crippen LogP contribution in [0.3, 0.4) is 0 Å². The van der Waals surface area contributed by atoms with Crippen molar-refractivity contribution in [1.82, 2.24) is 0 Å². The van der Waals surface area contributed by atoms with Crippen LogP contribution in [-0.2, 0) is 12.0 Å². The second kappa shape index (κ2) is 8.26. The number of nitrogens with two attached hydrogens (primary N) is 1. The molecule has 2 aromatic rings. The third kappa shape index (κ3) is 5.13. The fourth-order valence-corrected chi connectivity index (χ4v) is 2.64. The summed E-state index contributed by atoms with van der Waals surface area (Å²) in [7, 11) is 1.64. The van der Waals surface area contributed by atoms with Crippen molar-refractivity contribution in [3.8, 4) is 17.2 Å². The summed E-state index contributed by atoms with van der Waals surface area (Å²) in [6.45, 7) is 9.96. The van der Waals surface area contributed by atoms with Gasteiger partial charge in [-0.25, -0.2) is 0 Å². The Morgan fingerprint density at radius 2 is 1.60 bits per heavy atom. The Hall–Kier alpha value is -2.20. The molecule has 0 heterocycles. The van der Waals surface area contributed by atoms with Gasteiger partial charge in [-0.15, -0.1) is 0 Å². The van der Waals surface area contributed by atoms with Crippen molar-refractivity contribution >= 4 is 0 Å². The van der Waals surface area contributed by atoms with Gasteiger partial charge in [0, 0.05) is 18.2 Å². The van der Waals surface area contributed by atoms with Gasteiger partial charge in [-0.05, 0) is 35.6 Å². The normalized spacial score (nSPS) is 11.3. The SMILES string of the molecule is COc1ccc(CN)c(OCCOc2cc(C)ccc2C(C)(C)C)c1. The molecule has 0 radical (unpaired) electrons. The zero-order valence-electron chi connectivity index (χ0n) is 15.9. The average molecular weight is 343 g/mol. The summed E-state index contributed by atoms with van der Waals surface area (Å²) in [4.78, 5) is 0. The highest BCUT2D eigenvalue weighted by molar-refractivity contribution is 5.42. The molecule has 0 aliphatic heterocycles. The van der Waals surface area contributed by atoms with Gasteiger partial charge in [-0.1, -0.05) is 39.0 Å². The van der Waals surface area contributed by atoms with E-state index in [1.165, 1.54) is 11.1 Å². The zero-order valence-corrected chi connectivity index (χ0v) is 15.9. The van der Waals surface area contributed by atoms with Gasteiger partial charge in [0.15, 0.2) is 0 Å². The van der Waals surface area contributed by atoms with Crippen molar-refractivity contribution < 1.29 is 14.2 Å². The summed E-state index contributed by atoms with van der Waals surface area (Å²) in [5, 5.41) is 0. The predicted octanol–water partition coefficient (Wildman–Crippen LogP) is 4.22. The van der Waals surface area contributed by atoms with E-state index in [1.54, 1.807) is 7.11 Å². The fraction of sp³-hybridized carbons (Fsp3) is 0.429. The van der Waals surface area contributed by atoms with Crippen LogP contribution in [0.15, 0.2) is 36.4 Å². The largest absolute Gasteiger partial charge is 0.497 e. The van der Waals surface area contributed by atoms with Gasteiger partial charge in [-0.2, -0.15) is 0 Å². The Balaban J connectivity index is 2.02. The summed E-state index contributed by atoms with van der Waals surface area (Å²) in [6.07, 6.45) is 0. The quantitative estimate of drug-likeness (QED) is 0.765. The minimum absolute atomic E-state index is 0.0312. The van der Waals surface area contributed by atoms with Gasteiger partial charge in [0.25, 0.3) is 0 Å². The third-order valence-corrected chi connectivity index (χ3v) is 4.04. The van der Waals surface area contributed by atoms with Crippen molar-refractivity contribution in [2.24, 2.45) is 5.73 Å². The Bertz CT molecular complexity index is 705. The van der Waals surface area contributed by atoms with Crippen molar-refractivity contribution in [2.75, 3.05) is 20.3 Å². The van der Waals surface area contributed by atoms with E-state index >= 15 is 0 Å². The monoisotopic (exact) mass is 343 g/mol. The first-order valence-corrected chi connectivity index (χ1v) is 8.59. The van der Waals surface area contributed by atoms with Gasteiger partial charge in [0.05, 0.1) is 7.11 Å². The summed E-state index contributed by atoms with van der Waals surface area (Å²) in [6, 6.07) is 12.0. The van der Waals surface area contributed by atoms with Crippen LogP contribution >= 0.6 is 0 Å². The fourth-order valence-electron chi connectivity index (χ4n) is 2.64. The molecule has 0 amide bonds. The number of methoxy groups -OCH3 is 1. The molecule has 0 bridgehead atoms. The molecular formula is C21H29NO3. The lowest BCUT2D eigenvalue weighted by Gasteiger charge is -2.23. The van der Waals surface area contributed by atoms with E-state index in [0.717, 1.165) is 22.8 Å². The highest BCUT2D eigenvalue weighted by Crippen LogP contribution is 2.32. The molecule has 4 nitrogen and oxygen atoms in total. The molecular weight excluding hydrogens is 314 g/mol. The first-order chi connectivity index (χ1) is 11.8. The second-order valence-corrected chi connectivity index (χ2v) is 7.12. The topological polar surface area (TPSA) is 53.7 Å². The third-order valence-electron chi connectivity index (χ3n) is 4.04. The van der Waals surface area contributed by atoms with Crippen LogP contribution in [-0.4, -0.2) is 20.3 Å². The second-order valence-electron chi connectivity index (χ2n) is 7.12. The van der Waals surface area contributed by atoms with Crippen LogP contribution in [0.25, 0.3) is 0 Å². The first-order valence-electron chi connectivity index (χ1n) is 8.59. The lowest BCUT2D eigenvalue weighted by molar-refractivity contribution is 0.212. The van der Waals surface area contributed by atoms with Crippen molar-refractivity contribution in [1.29, 1.82) is 0 Å². The molecule has 0 saturated heterocycles. The molecule has 0 aliphatic rings. The maximum atomic E-state index is 6.01. The van der Waals surface area contributed by atoms with Crippen molar-refractivity contribution in [3.63, 3.8) is 0 Å². The molecule has 0 saturated carbocycles. The van der Waals surface area contributed by atoms with E-state index in [4.69, 9.17) is 19.9 Å². The number of hydrogen-bond donors (Lipinski definition) is 1. The summed E-state index contributed by atoms with van der Waals surface area (Å²) in [5.41, 5.74) is 9.13. The minimum Gasteiger partial charge on any atom is -0.497 e. The average Bonchev–Trinajstić information content (AvgIpc) is 2.57. The maximum Gasteiger partial charge on any atom is 0.127 e. The Labute approximate surface area is 150 Å². The number of rotatable bonds is 7. The van der Waals surface area contributed by atoms with Crippen LogP contribution in [0, 0.1) is 6.92 Å². The van der Waals surface area contributed by atoms with E-state index in [-0.39, 0.29) is 5.41 Å². The first kappa shape index (κ1) is 19.1. The van der Waals surface area contributed by atoms with Crippen molar-refractivity contribution in [3.05, 3.63) is 53.1 Å². The predicted molar refractivity (Wildman–Crippen MR) is 102 cm³/mol. The molecule has 0 aromatic heterocycles. The van der Waals surface area contributed by atoms with Crippen LogP contribution in [0.5, 0.6) is 17.2 Å². The molecule has 0 atom stereocenters. The molecule has 2 N–H and O–H groups in total. The smallest absolute Gasteiger partial charge is 0.127 e. The molecule has 4 heteroatoms. The minimum atomic E-state index is 0.0312. The number of aryl methyl sites for hydroxylation is 1. The Morgan fingerprint density at radius 1 is 0.920 bits per heavy atom. The molecule has 0 fully saturated rings. The lowest BCUT2D eigenvalue weighted by atomic mass is 9.86. The van der Waals surface area contributed by atoms with Gasteiger partial charge in [0.2, 0.25) is 0 Å². The van der Waals surface area contributed by atoms with E-state index in [9.17, 15) is 0 Å². The zero-order chi connectivity index (χ0) is 18.4. The summed E-state index contributed by atoms with van der Waals surface area (Å²) < 4.78 is 17.1. The number of ether oxygens (including phenoxy) is 3. The lowest BCUT2D eigenvalue weighted by Crippen LogP contribution is -2.16. The molecule has 0 unspecified atom stereocenters. The molecule has 136 valence electrons. The Kier molecular flexibility index (Phi) is 6.32. The highest BCUT2D eigenvalue weighted by atomic mass is 16.5. The standard InChI is InChI=1S/C21H29NO3/c1-15-6-9-18(21(2,3)4)20(12-15)25-11-10-24-19-13-17(23-5)8-7-16(19)14-22/h6-9,12-13H,10-11,14,22H2,1-5H3. The van der Waals surface area contributed by atoms with Gasteiger partial charge < -0.3 is 19.9 Å². The molecule has 25 heavy (non-hydrogen) atoms. The summed E-state index contributed by atoms with van der Waals surface area (Å²) in [5.74, 6) is 2.41. The number of hydrogen-bond acceptors (Lipinski definition) is 4. The summed E-state index contributed by atoms with van der Waals surface area (Å²) >= 11 is 0. The molecule has 0 aliphatic carbocycles. The van der Waals surface area contributed by atoms with Gasteiger partial charge in [0.1, 0.15) is 30.5 Å². The highest BCUT2D eigenvalue weighted by Gasteiger charge is 2.19. The van der Waals surface area contributed by atoms with E-state index in [2.05, 4.69) is 45.9 Å². The van der Waals surface area contributed by atoms with E-state index < -0.39 is 0 Å². The van der Waals surface area contributed by atoms with Crippen LogP contribution in [0.2, 0.25) is 0 Å². The molecule has 0 spiro atoms. The molecule has 2 rings (SSSR count). The van der Waals surface area contributed by atoms with Crippen LogP contribution in [0.1, 0.15) is 37.5 Å². The van der Waals surface area contributed by atoms with Gasteiger partial charge >= 0.3 is 0 Å². The number of benzene rings is 2. The van der Waals surface area contributed by atoms with E-state index in [0.29, 0.717) is 19.8 Å². The Morgan fingerprint density at radius 3 is 2.20 bits per heavy atom. The maximum absolute atomic E-state index is 6.01.